The quantitative estimate of drug-likeness (QED) is 0.437. The second-order valence-electron chi connectivity index (χ2n) is 7.30. The molecule has 3 aromatic carbocycles. The average Bonchev–Trinajstić information content (AvgIpc) is 2.81. The maximum Gasteiger partial charge on any atom is 0.243 e. The topological polar surface area (TPSA) is 75.7 Å². The SMILES string of the molecule is COc1ccc(CCNC(=O)CN(Cc2ccc(Cl)cc2)S(=O)(=O)c2ccc(Cl)cc2)cc1. The monoisotopic (exact) mass is 506 g/mol. The van der Waals surface area contributed by atoms with Crippen LogP contribution in [0.1, 0.15) is 11.1 Å². The third-order valence-corrected chi connectivity index (χ3v) is 7.25. The Morgan fingerprint density at radius 3 is 2.00 bits per heavy atom. The fraction of sp³-hybridized carbons (Fsp3) is 0.208. The van der Waals surface area contributed by atoms with Gasteiger partial charge < -0.3 is 10.1 Å². The first kappa shape index (κ1) is 25.1. The number of carbonyl (C=O) groups is 1. The van der Waals surface area contributed by atoms with Crippen LogP contribution in [0.3, 0.4) is 0 Å². The van der Waals surface area contributed by atoms with Crippen LogP contribution in [0.5, 0.6) is 5.75 Å². The predicted octanol–water partition coefficient (Wildman–Crippen LogP) is 4.55. The molecule has 0 aliphatic carbocycles. The second-order valence-corrected chi connectivity index (χ2v) is 10.1. The molecule has 0 saturated heterocycles. The molecule has 0 unspecified atom stereocenters. The highest BCUT2D eigenvalue weighted by atomic mass is 35.5. The summed E-state index contributed by atoms with van der Waals surface area (Å²) in [6.45, 7) is 0.0746. The second kappa shape index (κ2) is 11.5. The Labute approximate surface area is 204 Å². The third kappa shape index (κ3) is 7.20. The van der Waals surface area contributed by atoms with Crippen molar-refractivity contribution in [2.24, 2.45) is 0 Å². The molecule has 1 amide bonds. The zero-order valence-electron chi connectivity index (χ0n) is 18.0. The van der Waals surface area contributed by atoms with E-state index in [1.807, 2.05) is 24.3 Å². The number of hydrogen-bond acceptors (Lipinski definition) is 4. The van der Waals surface area contributed by atoms with E-state index in [9.17, 15) is 13.2 Å². The van der Waals surface area contributed by atoms with E-state index in [4.69, 9.17) is 27.9 Å². The Morgan fingerprint density at radius 1 is 0.879 bits per heavy atom. The Hall–Kier alpha value is -2.58. The Kier molecular flexibility index (Phi) is 8.74. The van der Waals surface area contributed by atoms with Crippen molar-refractivity contribution in [3.05, 3.63) is 94.0 Å². The lowest BCUT2D eigenvalue weighted by atomic mass is 10.1. The Morgan fingerprint density at radius 2 is 1.42 bits per heavy atom. The van der Waals surface area contributed by atoms with Crippen molar-refractivity contribution in [1.82, 2.24) is 9.62 Å². The molecule has 0 radical (unpaired) electrons. The van der Waals surface area contributed by atoms with Crippen LogP contribution in [0.4, 0.5) is 0 Å². The molecule has 0 bridgehead atoms. The lowest BCUT2D eigenvalue weighted by Crippen LogP contribution is -2.40. The van der Waals surface area contributed by atoms with Gasteiger partial charge in [0.25, 0.3) is 0 Å². The summed E-state index contributed by atoms with van der Waals surface area (Å²) < 4.78 is 32.8. The molecule has 0 aliphatic heterocycles. The zero-order chi connectivity index (χ0) is 23.8. The molecule has 0 atom stereocenters. The summed E-state index contributed by atoms with van der Waals surface area (Å²) in [6.07, 6.45) is 0.608. The van der Waals surface area contributed by atoms with Gasteiger partial charge in [-0.05, 0) is 66.1 Å². The number of ether oxygens (including phenoxy) is 1. The van der Waals surface area contributed by atoms with Crippen molar-refractivity contribution in [2.45, 2.75) is 17.9 Å². The van der Waals surface area contributed by atoms with E-state index < -0.39 is 15.9 Å². The minimum absolute atomic E-state index is 0.0219. The molecular weight excluding hydrogens is 483 g/mol. The molecule has 0 saturated carbocycles. The van der Waals surface area contributed by atoms with E-state index in [1.165, 1.54) is 24.3 Å². The van der Waals surface area contributed by atoms with Gasteiger partial charge in [-0.15, -0.1) is 0 Å². The number of carbonyl (C=O) groups excluding carboxylic acids is 1. The standard InChI is InChI=1S/C24H24Cl2N2O4S/c1-32-22-10-4-18(5-11-22)14-15-27-24(29)17-28(16-19-2-6-20(25)7-3-19)33(30,31)23-12-8-21(26)9-13-23/h2-13H,14-17H2,1H3,(H,27,29). The van der Waals surface area contributed by atoms with Crippen LogP contribution in [0.15, 0.2) is 77.7 Å². The largest absolute Gasteiger partial charge is 0.497 e. The number of nitrogens with zero attached hydrogens (tertiary/aromatic N) is 1. The van der Waals surface area contributed by atoms with Crippen molar-refractivity contribution in [1.29, 1.82) is 0 Å². The molecule has 174 valence electrons. The van der Waals surface area contributed by atoms with E-state index in [0.717, 1.165) is 15.6 Å². The number of sulfonamides is 1. The lowest BCUT2D eigenvalue weighted by molar-refractivity contribution is -0.121. The van der Waals surface area contributed by atoms with Gasteiger partial charge in [-0.3, -0.25) is 4.79 Å². The average molecular weight is 507 g/mol. The van der Waals surface area contributed by atoms with Crippen molar-refractivity contribution < 1.29 is 17.9 Å². The van der Waals surface area contributed by atoms with Gasteiger partial charge >= 0.3 is 0 Å². The normalized spacial score (nSPS) is 11.4. The lowest BCUT2D eigenvalue weighted by Gasteiger charge is -2.22. The number of nitrogens with one attached hydrogen (secondary N) is 1. The van der Waals surface area contributed by atoms with Gasteiger partial charge in [0.05, 0.1) is 18.6 Å². The fourth-order valence-corrected chi connectivity index (χ4v) is 4.77. The van der Waals surface area contributed by atoms with Crippen molar-refractivity contribution in [2.75, 3.05) is 20.2 Å². The van der Waals surface area contributed by atoms with Gasteiger partial charge in [0, 0.05) is 23.1 Å². The molecule has 0 spiro atoms. The summed E-state index contributed by atoms with van der Waals surface area (Å²) in [7, 11) is -2.34. The van der Waals surface area contributed by atoms with Gasteiger partial charge in [-0.2, -0.15) is 4.31 Å². The van der Waals surface area contributed by atoms with Crippen LogP contribution in [-0.2, 0) is 27.8 Å². The molecule has 0 heterocycles. The predicted molar refractivity (Wildman–Crippen MR) is 130 cm³/mol. The van der Waals surface area contributed by atoms with E-state index in [-0.39, 0.29) is 18.0 Å². The van der Waals surface area contributed by atoms with E-state index in [2.05, 4.69) is 5.32 Å². The third-order valence-electron chi connectivity index (χ3n) is 4.94. The van der Waals surface area contributed by atoms with Crippen LogP contribution >= 0.6 is 23.2 Å². The highest BCUT2D eigenvalue weighted by Crippen LogP contribution is 2.21. The first-order chi connectivity index (χ1) is 15.8. The van der Waals surface area contributed by atoms with Crippen molar-refractivity contribution >= 4 is 39.1 Å². The molecule has 0 aromatic heterocycles. The van der Waals surface area contributed by atoms with Crippen LogP contribution in [0, 0.1) is 0 Å². The zero-order valence-corrected chi connectivity index (χ0v) is 20.3. The van der Waals surface area contributed by atoms with Crippen LogP contribution in [0.2, 0.25) is 10.0 Å². The van der Waals surface area contributed by atoms with Crippen LogP contribution in [0.25, 0.3) is 0 Å². The minimum atomic E-state index is -3.94. The van der Waals surface area contributed by atoms with E-state index in [0.29, 0.717) is 28.6 Å². The summed E-state index contributed by atoms with van der Waals surface area (Å²) >= 11 is 11.8. The highest BCUT2D eigenvalue weighted by Gasteiger charge is 2.27. The molecule has 3 aromatic rings. The number of rotatable bonds is 10. The number of methoxy groups -OCH3 is 1. The highest BCUT2D eigenvalue weighted by molar-refractivity contribution is 7.89. The number of halogens is 2. The van der Waals surface area contributed by atoms with E-state index in [1.54, 1.807) is 31.4 Å². The molecule has 0 aliphatic rings. The van der Waals surface area contributed by atoms with Gasteiger partial charge in [-0.25, -0.2) is 8.42 Å². The van der Waals surface area contributed by atoms with Crippen LogP contribution in [-0.4, -0.2) is 38.8 Å². The summed E-state index contributed by atoms with van der Waals surface area (Å²) in [4.78, 5) is 12.7. The van der Waals surface area contributed by atoms with Gasteiger partial charge in [0.15, 0.2) is 0 Å². The molecule has 1 N–H and O–H groups in total. The molecule has 0 fully saturated rings. The number of benzene rings is 3. The van der Waals surface area contributed by atoms with Crippen molar-refractivity contribution in [3.8, 4) is 5.75 Å². The number of hydrogen-bond donors (Lipinski definition) is 1. The maximum absolute atomic E-state index is 13.3. The molecular formula is C24H24Cl2N2O4S. The smallest absolute Gasteiger partial charge is 0.243 e. The van der Waals surface area contributed by atoms with Gasteiger partial charge in [0.2, 0.25) is 15.9 Å². The summed E-state index contributed by atoms with van der Waals surface area (Å²) in [6, 6.07) is 20.2. The number of amides is 1. The minimum Gasteiger partial charge on any atom is -0.497 e. The molecule has 6 nitrogen and oxygen atoms in total. The summed E-state index contributed by atoms with van der Waals surface area (Å²) in [5.74, 6) is 0.364. The summed E-state index contributed by atoms with van der Waals surface area (Å²) in [5, 5.41) is 3.77. The molecule has 33 heavy (non-hydrogen) atoms. The first-order valence-electron chi connectivity index (χ1n) is 10.2. The van der Waals surface area contributed by atoms with Gasteiger partial charge in [-0.1, -0.05) is 47.5 Å². The fourth-order valence-electron chi connectivity index (χ4n) is 3.13. The Balaban J connectivity index is 1.70. The summed E-state index contributed by atoms with van der Waals surface area (Å²) in [5.41, 5.74) is 1.74. The van der Waals surface area contributed by atoms with Crippen molar-refractivity contribution in [3.63, 3.8) is 0 Å². The first-order valence-corrected chi connectivity index (χ1v) is 12.4. The van der Waals surface area contributed by atoms with Gasteiger partial charge in [0.1, 0.15) is 5.75 Å². The molecule has 3 rings (SSSR count). The Bertz CT molecular complexity index is 1170. The van der Waals surface area contributed by atoms with E-state index >= 15 is 0 Å². The molecule has 9 heteroatoms. The maximum atomic E-state index is 13.3. The van der Waals surface area contributed by atoms with Crippen LogP contribution < -0.4 is 10.1 Å².